The number of likely N-dealkylation sites (tertiary alicyclic amines) is 1. The number of aryl methyl sites for hydroxylation is 1. The van der Waals surface area contributed by atoms with Gasteiger partial charge in [0.1, 0.15) is 17.3 Å². The van der Waals surface area contributed by atoms with E-state index in [-0.39, 0.29) is 11.5 Å². The first-order valence-electron chi connectivity index (χ1n) is 8.69. The van der Waals surface area contributed by atoms with Crippen molar-refractivity contribution in [3.8, 4) is 17.2 Å². The Balaban J connectivity index is 1.81. The average molecular weight is 348 g/mol. The number of oxazole rings is 1. The van der Waals surface area contributed by atoms with Crippen LogP contribution in [-0.4, -0.2) is 40.8 Å². The molecule has 136 valence electrons. The molecule has 0 aliphatic carbocycles. The Morgan fingerprint density at radius 3 is 2.96 bits per heavy atom. The zero-order chi connectivity index (χ0) is 18.0. The number of nitrogens with zero attached hydrogens (tertiary/aromatic N) is 2. The minimum Gasteiger partial charge on any atom is -0.497 e. The smallest absolute Gasteiger partial charge is 0.229 e. The zero-order valence-corrected chi connectivity index (χ0v) is 15.0. The molecule has 6 heteroatoms. The van der Waals surface area contributed by atoms with E-state index in [1.54, 1.807) is 12.1 Å². The molecule has 25 heavy (non-hydrogen) atoms. The number of hydrogen-bond acceptors (Lipinski definition) is 5. The summed E-state index contributed by atoms with van der Waals surface area (Å²) in [5, 5.41) is 10.5. The van der Waals surface area contributed by atoms with Crippen LogP contribution < -0.4 is 4.74 Å². The first-order chi connectivity index (χ1) is 11.9. The van der Waals surface area contributed by atoms with E-state index in [4.69, 9.17) is 9.15 Å². The number of halogens is 1. The lowest BCUT2D eigenvalue weighted by Crippen LogP contribution is -2.47. The molecule has 5 nitrogen and oxygen atoms in total. The fourth-order valence-electron chi connectivity index (χ4n) is 3.33. The number of piperidine rings is 1. The van der Waals surface area contributed by atoms with Crippen molar-refractivity contribution in [3.63, 3.8) is 0 Å². The second kappa shape index (κ2) is 7.14. The number of aliphatic hydroxyl groups is 1. The van der Waals surface area contributed by atoms with Gasteiger partial charge in [-0.3, -0.25) is 4.90 Å². The van der Waals surface area contributed by atoms with Gasteiger partial charge < -0.3 is 14.3 Å². The van der Waals surface area contributed by atoms with Gasteiger partial charge in [0, 0.05) is 13.1 Å². The second-order valence-corrected chi connectivity index (χ2v) is 6.76. The molecule has 0 radical (unpaired) electrons. The van der Waals surface area contributed by atoms with Crippen molar-refractivity contribution in [1.29, 1.82) is 0 Å². The van der Waals surface area contributed by atoms with Crippen LogP contribution in [-0.2, 0) is 6.54 Å². The molecule has 1 aliphatic rings. The summed E-state index contributed by atoms with van der Waals surface area (Å²) in [5.41, 5.74) is 0.437. The normalized spacial score (nSPS) is 21.5. The number of hydrogen-bond donors (Lipinski definition) is 1. The molecule has 0 bridgehead atoms. The summed E-state index contributed by atoms with van der Waals surface area (Å²) in [6.07, 6.45) is 2.53. The molecule has 0 spiro atoms. The van der Waals surface area contributed by atoms with Crippen LogP contribution >= 0.6 is 0 Å². The maximum atomic E-state index is 14.1. The summed E-state index contributed by atoms with van der Waals surface area (Å²) in [4.78, 5) is 6.68. The number of rotatable bonds is 5. The van der Waals surface area contributed by atoms with E-state index in [1.807, 2.05) is 13.8 Å². The van der Waals surface area contributed by atoms with Crippen LogP contribution in [0.1, 0.15) is 37.6 Å². The summed E-state index contributed by atoms with van der Waals surface area (Å²) in [5.74, 6) is 1.08. The van der Waals surface area contributed by atoms with Crippen molar-refractivity contribution in [2.75, 3.05) is 20.2 Å². The van der Waals surface area contributed by atoms with E-state index < -0.39 is 11.4 Å². The van der Waals surface area contributed by atoms with Gasteiger partial charge in [0.25, 0.3) is 0 Å². The van der Waals surface area contributed by atoms with Gasteiger partial charge in [-0.15, -0.1) is 0 Å². The third kappa shape index (κ3) is 3.85. The molecule has 1 aliphatic heterocycles. The van der Waals surface area contributed by atoms with Crippen LogP contribution in [0.3, 0.4) is 0 Å². The van der Waals surface area contributed by atoms with Crippen molar-refractivity contribution in [1.82, 2.24) is 9.88 Å². The molecule has 1 N–H and O–H groups in total. The quantitative estimate of drug-likeness (QED) is 0.896. The number of methoxy groups -OCH3 is 1. The Morgan fingerprint density at radius 2 is 2.24 bits per heavy atom. The maximum absolute atomic E-state index is 14.1. The van der Waals surface area contributed by atoms with Gasteiger partial charge in [-0.25, -0.2) is 9.37 Å². The third-order valence-corrected chi connectivity index (χ3v) is 4.96. The van der Waals surface area contributed by atoms with Crippen LogP contribution in [0.25, 0.3) is 11.5 Å². The number of benzene rings is 1. The predicted molar refractivity (Wildman–Crippen MR) is 92.9 cm³/mol. The highest BCUT2D eigenvalue weighted by molar-refractivity contribution is 5.57. The average Bonchev–Trinajstić information content (AvgIpc) is 2.96. The fourth-order valence-corrected chi connectivity index (χ4v) is 3.33. The first-order valence-corrected chi connectivity index (χ1v) is 8.69. The highest BCUT2D eigenvalue weighted by Gasteiger charge is 2.32. The monoisotopic (exact) mass is 348 g/mol. The lowest BCUT2D eigenvalue weighted by atomic mass is 9.90. The Hall–Kier alpha value is -1.92. The summed E-state index contributed by atoms with van der Waals surface area (Å²) >= 11 is 0. The molecular formula is C19H25FN2O3. The molecule has 0 saturated carbocycles. The largest absolute Gasteiger partial charge is 0.497 e. The van der Waals surface area contributed by atoms with Crippen molar-refractivity contribution in [2.24, 2.45) is 0 Å². The minimum atomic E-state index is -0.627. The minimum absolute atomic E-state index is 0.256. The molecular weight excluding hydrogens is 323 g/mol. The van der Waals surface area contributed by atoms with Crippen molar-refractivity contribution < 1.29 is 18.7 Å². The highest BCUT2D eigenvalue weighted by Crippen LogP contribution is 2.30. The molecule has 0 unspecified atom stereocenters. The van der Waals surface area contributed by atoms with Crippen molar-refractivity contribution in [2.45, 2.75) is 45.3 Å². The van der Waals surface area contributed by atoms with E-state index in [1.165, 1.54) is 13.2 Å². The van der Waals surface area contributed by atoms with E-state index in [2.05, 4.69) is 9.88 Å². The standard InChI is InChI=1S/C19H25FN2O3/c1-4-19(23)8-5-9-22(12-19)11-17-13(2)25-18(21-17)15-10-14(24-3)6-7-16(15)20/h6-7,10,23H,4-5,8-9,11-12H2,1-3H3/t19-/m0/s1. The topological polar surface area (TPSA) is 58.7 Å². The van der Waals surface area contributed by atoms with Gasteiger partial charge in [-0.2, -0.15) is 0 Å². The summed E-state index contributed by atoms with van der Waals surface area (Å²) in [6.45, 7) is 5.97. The molecule has 2 heterocycles. The number of ether oxygens (including phenoxy) is 1. The van der Waals surface area contributed by atoms with Crippen LogP contribution in [0.5, 0.6) is 5.75 Å². The van der Waals surface area contributed by atoms with Gasteiger partial charge in [-0.05, 0) is 50.9 Å². The van der Waals surface area contributed by atoms with Gasteiger partial charge in [0.05, 0.1) is 24.0 Å². The zero-order valence-electron chi connectivity index (χ0n) is 15.0. The Morgan fingerprint density at radius 1 is 1.44 bits per heavy atom. The fraction of sp³-hybridized carbons (Fsp3) is 0.526. The molecule has 2 aromatic rings. The van der Waals surface area contributed by atoms with E-state index in [9.17, 15) is 9.50 Å². The van der Waals surface area contributed by atoms with Gasteiger partial charge in [-0.1, -0.05) is 6.92 Å². The van der Waals surface area contributed by atoms with Crippen molar-refractivity contribution >= 4 is 0 Å². The Bertz CT molecular complexity index is 746. The maximum Gasteiger partial charge on any atom is 0.229 e. The molecule has 1 atom stereocenters. The molecule has 1 aromatic heterocycles. The molecule has 1 saturated heterocycles. The van der Waals surface area contributed by atoms with E-state index in [0.717, 1.165) is 31.5 Å². The van der Waals surface area contributed by atoms with Gasteiger partial charge in [0.15, 0.2) is 0 Å². The molecule has 3 rings (SSSR count). The number of β-amino-alcohol motifs (C(OH)–C–C–N with tert-alkyl or cyclic N) is 1. The highest BCUT2D eigenvalue weighted by atomic mass is 19.1. The first kappa shape index (κ1) is 17.9. The molecule has 0 amide bonds. The third-order valence-electron chi connectivity index (χ3n) is 4.96. The van der Waals surface area contributed by atoms with Gasteiger partial charge >= 0.3 is 0 Å². The predicted octanol–water partition coefficient (Wildman–Crippen LogP) is 3.53. The number of aromatic nitrogens is 1. The summed E-state index contributed by atoms with van der Waals surface area (Å²) in [6, 6.07) is 4.50. The van der Waals surface area contributed by atoms with Crippen LogP contribution in [0.2, 0.25) is 0 Å². The lowest BCUT2D eigenvalue weighted by Gasteiger charge is -2.38. The van der Waals surface area contributed by atoms with Crippen LogP contribution in [0, 0.1) is 12.7 Å². The Kier molecular flexibility index (Phi) is 5.11. The van der Waals surface area contributed by atoms with Crippen LogP contribution in [0.4, 0.5) is 4.39 Å². The lowest BCUT2D eigenvalue weighted by molar-refractivity contribution is -0.0361. The Labute approximate surface area is 147 Å². The van der Waals surface area contributed by atoms with Crippen molar-refractivity contribution in [3.05, 3.63) is 35.5 Å². The van der Waals surface area contributed by atoms with E-state index in [0.29, 0.717) is 24.6 Å². The molecule has 1 fully saturated rings. The van der Waals surface area contributed by atoms with Crippen LogP contribution in [0.15, 0.2) is 22.6 Å². The second-order valence-electron chi connectivity index (χ2n) is 6.76. The summed E-state index contributed by atoms with van der Waals surface area (Å²) in [7, 11) is 1.54. The molecule has 1 aromatic carbocycles. The SMILES string of the molecule is CC[C@]1(O)CCCN(Cc2nc(-c3cc(OC)ccc3F)oc2C)C1. The van der Waals surface area contributed by atoms with E-state index >= 15 is 0 Å². The summed E-state index contributed by atoms with van der Waals surface area (Å²) < 4.78 is 25.0. The van der Waals surface area contributed by atoms with Gasteiger partial charge in [0.2, 0.25) is 5.89 Å².